The summed E-state index contributed by atoms with van der Waals surface area (Å²) in [5, 5.41) is 2.86. The average molecular weight is 683 g/mol. The fourth-order valence-electron chi connectivity index (χ4n) is 6.20. The van der Waals surface area contributed by atoms with Gasteiger partial charge in [0.1, 0.15) is 17.6 Å². The van der Waals surface area contributed by atoms with Gasteiger partial charge in [0.15, 0.2) is 0 Å². The number of halogens is 4. The number of benzene rings is 1. The van der Waals surface area contributed by atoms with Crippen molar-refractivity contribution in [1.29, 1.82) is 0 Å². The van der Waals surface area contributed by atoms with Gasteiger partial charge in [-0.2, -0.15) is 13.2 Å². The molecule has 8 nitrogen and oxygen atoms in total. The molecule has 1 aromatic carbocycles. The second-order valence-electron chi connectivity index (χ2n) is 12.8. The zero-order chi connectivity index (χ0) is 36.0. The van der Waals surface area contributed by atoms with Gasteiger partial charge in [0, 0.05) is 30.6 Å². The lowest BCUT2D eigenvalue weighted by molar-refractivity contribution is -0.144. The molecule has 2 aromatic heterocycles. The van der Waals surface area contributed by atoms with Crippen LogP contribution >= 0.6 is 0 Å². The van der Waals surface area contributed by atoms with Crippen LogP contribution in [-0.4, -0.2) is 52.6 Å². The van der Waals surface area contributed by atoms with Crippen LogP contribution in [0.5, 0.6) is 0 Å². The van der Waals surface area contributed by atoms with E-state index in [9.17, 15) is 31.9 Å². The molecule has 0 spiro atoms. The van der Waals surface area contributed by atoms with Gasteiger partial charge in [-0.3, -0.25) is 14.4 Å². The van der Waals surface area contributed by atoms with E-state index in [1.165, 1.54) is 18.3 Å². The van der Waals surface area contributed by atoms with E-state index >= 15 is 0 Å². The van der Waals surface area contributed by atoms with Crippen LogP contribution in [0.25, 0.3) is 11.1 Å². The van der Waals surface area contributed by atoms with Crippen molar-refractivity contribution in [3.63, 3.8) is 0 Å². The lowest BCUT2D eigenvalue weighted by atomic mass is 9.92. The lowest BCUT2D eigenvalue weighted by Crippen LogP contribution is -2.41. The number of hydrogen-bond donors (Lipinski definition) is 1. The fraction of sp³-hybridized carbons (Fsp3) is 0.459. The monoisotopic (exact) mass is 682 g/mol. The van der Waals surface area contributed by atoms with Gasteiger partial charge >= 0.3 is 12.1 Å². The van der Waals surface area contributed by atoms with Crippen LogP contribution in [0.1, 0.15) is 85.6 Å². The molecule has 0 saturated carbocycles. The molecule has 2 unspecified atom stereocenters. The summed E-state index contributed by atoms with van der Waals surface area (Å²) < 4.78 is 62.6. The molecule has 1 amide bonds. The summed E-state index contributed by atoms with van der Waals surface area (Å²) >= 11 is 0. The van der Waals surface area contributed by atoms with E-state index < -0.39 is 47.1 Å². The van der Waals surface area contributed by atoms with Crippen molar-refractivity contribution < 1.29 is 31.9 Å². The number of hydrogen-bond acceptors (Lipinski definition) is 6. The largest absolute Gasteiger partial charge is 0.466 e. The molecule has 0 aliphatic carbocycles. The van der Waals surface area contributed by atoms with Gasteiger partial charge < -0.3 is 19.5 Å². The van der Waals surface area contributed by atoms with Crippen molar-refractivity contribution in [3.8, 4) is 23.5 Å². The maximum Gasteiger partial charge on any atom is 0.416 e. The lowest BCUT2D eigenvalue weighted by Gasteiger charge is -2.31. The number of esters is 1. The number of carbonyl (C=O) groups excluding carboxylic acids is 2. The first-order chi connectivity index (χ1) is 23.1. The summed E-state index contributed by atoms with van der Waals surface area (Å²) in [7, 11) is 0. The Balaban J connectivity index is 1.78. The van der Waals surface area contributed by atoms with E-state index in [-0.39, 0.29) is 43.0 Å². The van der Waals surface area contributed by atoms with Gasteiger partial charge in [0.05, 0.1) is 24.6 Å². The van der Waals surface area contributed by atoms with Crippen LogP contribution in [0.2, 0.25) is 0 Å². The zero-order valence-electron chi connectivity index (χ0n) is 28.4. The highest BCUT2D eigenvalue weighted by molar-refractivity contribution is 5.82. The van der Waals surface area contributed by atoms with E-state index in [2.05, 4.69) is 16.2 Å². The molecule has 0 bridgehead atoms. The number of likely N-dealkylation sites (tertiary alicyclic amines) is 1. The van der Waals surface area contributed by atoms with E-state index in [4.69, 9.17) is 11.2 Å². The number of nitrogens with one attached hydrogen (secondary N) is 1. The molecule has 4 rings (SSSR count). The van der Waals surface area contributed by atoms with E-state index in [0.29, 0.717) is 40.4 Å². The number of pyridine rings is 2. The summed E-state index contributed by atoms with van der Waals surface area (Å²) in [6, 6.07) is 2.75. The number of alkyl halides is 3. The molecular formula is C37H42F4N4O4. The summed E-state index contributed by atoms with van der Waals surface area (Å²) in [6.45, 7) is 10.8. The number of rotatable bonds is 13. The number of ether oxygens (including phenoxy) is 1. The molecule has 3 aromatic rings. The molecule has 0 radical (unpaired) electrons. The molecular weight excluding hydrogens is 640 g/mol. The molecule has 1 N–H and O–H groups in total. The minimum atomic E-state index is -4.75. The summed E-state index contributed by atoms with van der Waals surface area (Å²) in [5.41, 5.74) is 0.924. The summed E-state index contributed by atoms with van der Waals surface area (Å²) in [6.07, 6.45) is 4.44. The number of amides is 1. The predicted molar refractivity (Wildman–Crippen MR) is 178 cm³/mol. The van der Waals surface area contributed by atoms with Gasteiger partial charge in [-0.25, -0.2) is 9.37 Å². The van der Waals surface area contributed by atoms with Crippen LogP contribution < -0.4 is 10.9 Å². The normalized spacial score (nSPS) is 14.6. The molecule has 1 fully saturated rings. The highest BCUT2D eigenvalue weighted by Gasteiger charge is 2.36. The highest BCUT2D eigenvalue weighted by atomic mass is 19.4. The van der Waals surface area contributed by atoms with Crippen molar-refractivity contribution >= 4 is 11.9 Å². The van der Waals surface area contributed by atoms with Gasteiger partial charge in [0.2, 0.25) is 5.91 Å². The van der Waals surface area contributed by atoms with Gasteiger partial charge in [-0.15, -0.1) is 6.42 Å². The van der Waals surface area contributed by atoms with Crippen molar-refractivity contribution in [2.75, 3.05) is 26.2 Å². The van der Waals surface area contributed by atoms with E-state index in [1.807, 2.05) is 18.7 Å². The topological polar surface area (TPSA) is 93.5 Å². The van der Waals surface area contributed by atoms with Crippen molar-refractivity contribution in [3.05, 3.63) is 86.3 Å². The Morgan fingerprint density at radius 2 is 1.80 bits per heavy atom. The van der Waals surface area contributed by atoms with Crippen LogP contribution in [0, 0.1) is 37.9 Å². The third kappa shape index (κ3) is 9.15. The van der Waals surface area contributed by atoms with Gasteiger partial charge in [-0.1, -0.05) is 13.8 Å². The number of aromatic nitrogens is 2. The Labute approximate surface area is 283 Å². The van der Waals surface area contributed by atoms with Crippen LogP contribution in [0.15, 0.2) is 41.5 Å². The first-order valence-corrected chi connectivity index (χ1v) is 16.4. The molecule has 3 heterocycles. The van der Waals surface area contributed by atoms with Crippen molar-refractivity contribution in [1.82, 2.24) is 19.8 Å². The minimum Gasteiger partial charge on any atom is -0.466 e. The standard InChI is InChI=1S/C37H42F4N4O4/c1-7-30-28(35-23(5)15-27(38)16-24(35)6)17-26(20-42-30)31(19-34(47)49-8-2)43-36(48)32(14-22(3)4)45-21-25(10-13-44-11-9-12-44)29(18-33(45)46)37(39,40)41/h1,15-18,20-22,31-32H,8-14,19H2,2-6H3,(H,43,48). The Bertz CT molecular complexity index is 1770. The molecule has 1 saturated heterocycles. The Hall–Kier alpha value is -4.50. The molecule has 1 aliphatic rings. The van der Waals surface area contributed by atoms with Gasteiger partial charge in [-0.05, 0) is 111 Å². The van der Waals surface area contributed by atoms with Crippen LogP contribution in [-0.2, 0) is 26.9 Å². The molecule has 1 aliphatic heterocycles. The van der Waals surface area contributed by atoms with Gasteiger partial charge in [0.25, 0.3) is 5.56 Å². The van der Waals surface area contributed by atoms with Crippen LogP contribution in [0.4, 0.5) is 17.6 Å². The number of carbonyl (C=O) groups is 2. The first-order valence-electron chi connectivity index (χ1n) is 16.4. The third-order valence-corrected chi connectivity index (χ3v) is 8.66. The SMILES string of the molecule is C#Cc1ncc(C(CC(=O)OCC)NC(=O)C(CC(C)C)n2cc(CCN3CCC3)c(C(F)(F)F)cc2=O)cc1-c1c(C)cc(F)cc1C. The Morgan fingerprint density at radius 1 is 1.12 bits per heavy atom. The molecule has 262 valence electrons. The quantitative estimate of drug-likeness (QED) is 0.129. The van der Waals surface area contributed by atoms with Crippen molar-refractivity contribution in [2.24, 2.45) is 5.92 Å². The molecule has 12 heteroatoms. The van der Waals surface area contributed by atoms with E-state index in [0.717, 1.165) is 30.3 Å². The first kappa shape index (κ1) is 37.3. The third-order valence-electron chi connectivity index (χ3n) is 8.66. The Morgan fingerprint density at radius 3 is 2.35 bits per heavy atom. The zero-order valence-corrected chi connectivity index (χ0v) is 28.4. The van der Waals surface area contributed by atoms with Crippen molar-refractivity contribution in [2.45, 2.75) is 78.6 Å². The number of terminal acetylenes is 1. The number of nitrogens with zero attached hydrogens (tertiary/aromatic N) is 3. The fourth-order valence-corrected chi connectivity index (χ4v) is 6.20. The predicted octanol–water partition coefficient (Wildman–Crippen LogP) is 6.31. The second-order valence-corrected chi connectivity index (χ2v) is 12.8. The summed E-state index contributed by atoms with van der Waals surface area (Å²) in [4.78, 5) is 46.7. The van der Waals surface area contributed by atoms with E-state index in [1.54, 1.807) is 26.8 Å². The van der Waals surface area contributed by atoms with Crippen LogP contribution in [0.3, 0.4) is 0 Å². The summed E-state index contributed by atoms with van der Waals surface area (Å²) in [5.74, 6) is 0.693. The second kappa shape index (κ2) is 15.8. The maximum absolute atomic E-state index is 14.2. The maximum atomic E-state index is 14.2. The molecule has 49 heavy (non-hydrogen) atoms. The molecule has 2 atom stereocenters. The number of aryl methyl sites for hydroxylation is 2. The average Bonchev–Trinajstić information content (AvgIpc) is 2.98. The smallest absolute Gasteiger partial charge is 0.416 e. The Kier molecular flexibility index (Phi) is 12.0. The highest BCUT2D eigenvalue weighted by Crippen LogP contribution is 2.34. The minimum absolute atomic E-state index is 0.0504.